The van der Waals surface area contributed by atoms with Gasteiger partial charge in [-0.1, -0.05) is 6.92 Å². The zero-order valence-corrected chi connectivity index (χ0v) is 16.0. The molecule has 1 atom stereocenters. The maximum absolute atomic E-state index is 13.4. The molecule has 3 rings (SSSR count). The molecule has 1 saturated heterocycles. The molecule has 1 fully saturated rings. The van der Waals surface area contributed by atoms with Gasteiger partial charge in [-0.15, -0.1) is 0 Å². The van der Waals surface area contributed by atoms with E-state index >= 15 is 0 Å². The van der Waals surface area contributed by atoms with Crippen LogP contribution in [0.25, 0.3) is 10.9 Å². The standard InChI is InChI=1S/C20H26F2N2O3/c1-4-7-23-13(2)19(16-11-15(26-3)5-6-17(16)23)20(25)24-8-9-27-12-14(24)10-18(21)22/h5-6,11,14,18H,4,7-10,12H2,1-3H3. The van der Waals surface area contributed by atoms with E-state index in [2.05, 4.69) is 11.5 Å². The van der Waals surface area contributed by atoms with E-state index < -0.39 is 12.5 Å². The normalized spacial score (nSPS) is 17.7. The SMILES string of the molecule is CCCn1c(C)c(C(=O)N2CCOCC2CC(F)F)c2cc(OC)ccc21. The summed E-state index contributed by atoms with van der Waals surface area (Å²) in [6.07, 6.45) is -1.92. The van der Waals surface area contributed by atoms with Crippen LogP contribution in [0.1, 0.15) is 35.8 Å². The van der Waals surface area contributed by atoms with Crippen LogP contribution in [0.4, 0.5) is 8.78 Å². The van der Waals surface area contributed by atoms with Crippen LogP contribution >= 0.6 is 0 Å². The first-order chi connectivity index (χ1) is 13.0. The van der Waals surface area contributed by atoms with Gasteiger partial charge >= 0.3 is 0 Å². The summed E-state index contributed by atoms with van der Waals surface area (Å²) in [5.74, 6) is 0.450. The van der Waals surface area contributed by atoms with Gasteiger partial charge in [0.2, 0.25) is 6.43 Å². The third-order valence-electron chi connectivity index (χ3n) is 5.13. The Morgan fingerprint density at radius 1 is 1.41 bits per heavy atom. The zero-order valence-electron chi connectivity index (χ0n) is 16.0. The van der Waals surface area contributed by atoms with Gasteiger partial charge in [0.1, 0.15) is 5.75 Å². The molecule has 5 nitrogen and oxygen atoms in total. The number of fused-ring (bicyclic) bond motifs is 1. The highest BCUT2D eigenvalue weighted by molar-refractivity contribution is 6.09. The highest BCUT2D eigenvalue weighted by Gasteiger charge is 2.33. The molecule has 0 bridgehead atoms. The summed E-state index contributed by atoms with van der Waals surface area (Å²) in [5.41, 5.74) is 2.38. The molecule has 1 aliphatic rings. The van der Waals surface area contributed by atoms with E-state index in [1.165, 1.54) is 0 Å². The summed E-state index contributed by atoms with van der Waals surface area (Å²) in [6.45, 7) is 5.61. The van der Waals surface area contributed by atoms with Gasteiger partial charge < -0.3 is 18.9 Å². The lowest BCUT2D eigenvalue weighted by Crippen LogP contribution is -2.49. The fourth-order valence-corrected chi connectivity index (χ4v) is 3.84. The topological polar surface area (TPSA) is 43.7 Å². The second kappa shape index (κ2) is 8.25. The van der Waals surface area contributed by atoms with E-state index in [4.69, 9.17) is 9.47 Å². The number of hydrogen-bond acceptors (Lipinski definition) is 3. The molecule has 1 unspecified atom stereocenters. The van der Waals surface area contributed by atoms with Gasteiger partial charge in [-0.3, -0.25) is 4.79 Å². The third kappa shape index (κ3) is 3.78. The van der Waals surface area contributed by atoms with Crippen molar-refractivity contribution in [2.45, 2.75) is 45.7 Å². The van der Waals surface area contributed by atoms with E-state index in [1.54, 1.807) is 12.0 Å². The zero-order chi connectivity index (χ0) is 19.6. The van der Waals surface area contributed by atoms with Crippen molar-refractivity contribution in [3.63, 3.8) is 0 Å². The number of carbonyl (C=O) groups excluding carboxylic acids is 1. The third-order valence-corrected chi connectivity index (χ3v) is 5.13. The van der Waals surface area contributed by atoms with Crippen molar-refractivity contribution in [1.82, 2.24) is 9.47 Å². The van der Waals surface area contributed by atoms with Crippen LogP contribution in [0, 0.1) is 6.92 Å². The van der Waals surface area contributed by atoms with Gasteiger partial charge in [-0.2, -0.15) is 0 Å². The van der Waals surface area contributed by atoms with Gasteiger partial charge in [-0.25, -0.2) is 8.78 Å². The van der Waals surface area contributed by atoms with Crippen LogP contribution in [0.5, 0.6) is 5.75 Å². The number of alkyl halides is 2. The van der Waals surface area contributed by atoms with E-state index in [-0.39, 0.29) is 18.9 Å². The van der Waals surface area contributed by atoms with Gasteiger partial charge in [0.05, 0.1) is 31.9 Å². The van der Waals surface area contributed by atoms with E-state index in [0.29, 0.717) is 24.5 Å². The number of nitrogens with zero attached hydrogens (tertiary/aromatic N) is 2. The Labute approximate surface area is 157 Å². The molecule has 1 aromatic carbocycles. The van der Waals surface area contributed by atoms with Crippen molar-refractivity contribution in [3.05, 3.63) is 29.5 Å². The monoisotopic (exact) mass is 380 g/mol. The molecule has 2 aromatic rings. The molecule has 1 aromatic heterocycles. The van der Waals surface area contributed by atoms with Crippen LogP contribution in [0.15, 0.2) is 18.2 Å². The highest BCUT2D eigenvalue weighted by Crippen LogP contribution is 2.32. The number of amides is 1. The summed E-state index contributed by atoms with van der Waals surface area (Å²) >= 11 is 0. The Bertz CT molecular complexity index is 819. The fraction of sp³-hybridized carbons (Fsp3) is 0.550. The van der Waals surface area contributed by atoms with Crippen molar-refractivity contribution in [2.75, 3.05) is 26.9 Å². The minimum absolute atomic E-state index is 0.145. The Kier molecular flexibility index (Phi) is 5.99. The maximum Gasteiger partial charge on any atom is 0.256 e. The number of benzene rings is 1. The number of halogens is 2. The Morgan fingerprint density at radius 2 is 2.19 bits per heavy atom. The van der Waals surface area contributed by atoms with Crippen molar-refractivity contribution >= 4 is 16.8 Å². The van der Waals surface area contributed by atoms with Crippen LogP contribution < -0.4 is 4.74 Å². The molecule has 0 radical (unpaired) electrons. The number of rotatable bonds is 6. The summed E-state index contributed by atoms with van der Waals surface area (Å²) in [7, 11) is 1.58. The Balaban J connectivity index is 2.08. The molecule has 1 amide bonds. The van der Waals surface area contributed by atoms with E-state index in [9.17, 15) is 13.6 Å². The summed E-state index contributed by atoms with van der Waals surface area (Å²) in [6, 6.07) is 5.06. The fourth-order valence-electron chi connectivity index (χ4n) is 3.84. The Morgan fingerprint density at radius 3 is 2.85 bits per heavy atom. The average molecular weight is 380 g/mol. The second-order valence-electron chi connectivity index (χ2n) is 6.85. The molecule has 0 N–H and O–H groups in total. The van der Waals surface area contributed by atoms with Crippen molar-refractivity contribution in [3.8, 4) is 5.75 Å². The smallest absolute Gasteiger partial charge is 0.256 e. The molecule has 0 saturated carbocycles. The molecular formula is C20H26F2N2O3. The number of ether oxygens (including phenoxy) is 2. The highest BCUT2D eigenvalue weighted by atomic mass is 19.3. The van der Waals surface area contributed by atoms with Gasteiger partial charge in [0.25, 0.3) is 5.91 Å². The number of carbonyl (C=O) groups is 1. The lowest BCUT2D eigenvalue weighted by atomic mass is 10.1. The maximum atomic E-state index is 13.4. The predicted molar refractivity (Wildman–Crippen MR) is 99.8 cm³/mol. The summed E-state index contributed by atoms with van der Waals surface area (Å²) < 4.78 is 38.8. The summed E-state index contributed by atoms with van der Waals surface area (Å²) in [4.78, 5) is 15.0. The van der Waals surface area contributed by atoms with Gasteiger partial charge in [0, 0.05) is 36.1 Å². The molecule has 27 heavy (non-hydrogen) atoms. The predicted octanol–water partition coefficient (Wildman–Crippen LogP) is 3.86. The first-order valence-electron chi connectivity index (χ1n) is 9.31. The molecule has 2 heterocycles. The first kappa shape index (κ1) is 19.6. The van der Waals surface area contributed by atoms with Gasteiger partial charge in [-0.05, 0) is 31.5 Å². The molecule has 1 aliphatic heterocycles. The van der Waals surface area contributed by atoms with Crippen molar-refractivity contribution in [1.29, 1.82) is 0 Å². The Hall–Kier alpha value is -2.15. The van der Waals surface area contributed by atoms with Crippen LogP contribution in [-0.2, 0) is 11.3 Å². The van der Waals surface area contributed by atoms with E-state index in [0.717, 1.165) is 29.6 Å². The molecule has 0 aliphatic carbocycles. The van der Waals surface area contributed by atoms with Gasteiger partial charge in [0.15, 0.2) is 0 Å². The minimum Gasteiger partial charge on any atom is -0.497 e. The lowest BCUT2D eigenvalue weighted by Gasteiger charge is -2.35. The van der Waals surface area contributed by atoms with Crippen LogP contribution in [-0.4, -0.2) is 54.7 Å². The first-order valence-corrected chi connectivity index (χ1v) is 9.31. The quantitative estimate of drug-likeness (QED) is 0.764. The second-order valence-corrected chi connectivity index (χ2v) is 6.85. The van der Waals surface area contributed by atoms with Crippen molar-refractivity contribution < 1.29 is 23.0 Å². The molecule has 148 valence electrons. The van der Waals surface area contributed by atoms with E-state index in [1.807, 2.05) is 25.1 Å². The number of aryl methyl sites for hydroxylation is 1. The average Bonchev–Trinajstić information content (AvgIpc) is 2.92. The summed E-state index contributed by atoms with van der Waals surface area (Å²) in [5, 5.41) is 0.799. The molecule has 0 spiro atoms. The molecular weight excluding hydrogens is 354 g/mol. The molecule has 7 heteroatoms. The number of aromatic nitrogens is 1. The lowest BCUT2D eigenvalue weighted by molar-refractivity contribution is -0.0215. The number of methoxy groups -OCH3 is 1. The van der Waals surface area contributed by atoms with Crippen LogP contribution in [0.3, 0.4) is 0 Å². The van der Waals surface area contributed by atoms with Crippen molar-refractivity contribution in [2.24, 2.45) is 0 Å². The van der Waals surface area contributed by atoms with Crippen LogP contribution in [0.2, 0.25) is 0 Å². The minimum atomic E-state index is -2.48. The number of morpholine rings is 1. The number of hydrogen-bond donors (Lipinski definition) is 0. The largest absolute Gasteiger partial charge is 0.497 e.